The van der Waals surface area contributed by atoms with Gasteiger partial charge in [0.15, 0.2) is 0 Å². The Bertz CT molecular complexity index is 622. The standard InChI is InChI=1S/C13H10Br2O3S/c1-7-4-8(14)5-10(13(16)17)12(7)18-6-9-2-3-11(15)19-9/h2-5H,6H2,1H3,(H,16,17). The number of aryl methyl sites for hydroxylation is 1. The molecule has 1 aromatic heterocycles. The summed E-state index contributed by atoms with van der Waals surface area (Å²) in [7, 11) is 0. The summed E-state index contributed by atoms with van der Waals surface area (Å²) >= 11 is 8.24. The number of carbonyl (C=O) groups is 1. The van der Waals surface area contributed by atoms with E-state index in [4.69, 9.17) is 4.74 Å². The molecule has 0 unspecified atom stereocenters. The molecule has 0 amide bonds. The molecule has 1 N–H and O–H groups in total. The van der Waals surface area contributed by atoms with Crippen LogP contribution in [0.15, 0.2) is 32.5 Å². The summed E-state index contributed by atoms with van der Waals surface area (Å²) in [5.74, 6) is -0.577. The zero-order chi connectivity index (χ0) is 14.0. The van der Waals surface area contributed by atoms with Crippen LogP contribution in [0.2, 0.25) is 0 Å². The van der Waals surface area contributed by atoms with E-state index < -0.39 is 5.97 Å². The lowest BCUT2D eigenvalue weighted by atomic mass is 10.1. The number of benzene rings is 1. The van der Waals surface area contributed by atoms with E-state index in [2.05, 4.69) is 31.9 Å². The molecule has 2 rings (SSSR count). The number of carboxylic acid groups (broad SMARTS) is 1. The van der Waals surface area contributed by atoms with Gasteiger partial charge >= 0.3 is 5.97 Å². The van der Waals surface area contributed by atoms with Gasteiger partial charge in [-0.1, -0.05) is 15.9 Å². The maximum atomic E-state index is 11.2. The second kappa shape index (κ2) is 6.07. The summed E-state index contributed by atoms with van der Waals surface area (Å²) < 4.78 is 7.43. The van der Waals surface area contributed by atoms with Crippen molar-refractivity contribution in [1.82, 2.24) is 0 Å². The predicted octanol–water partition coefficient (Wildman–Crippen LogP) is 4.86. The van der Waals surface area contributed by atoms with Crippen molar-refractivity contribution in [2.24, 2.45) is 0 Å². The van der Waals surface area contributed by atoms with Gasteiger partial charge in [-0.05, 0) is 52.7 Å². The summed E-state index contributed by atoms with van der Waals surface area (Å²) in [6, 6.07) is 7.28. The van der Waals surface area contributed by atoms with Crippen molar-refractivity contribution in [3.8, 4) is 5.75 Å². The number of thiophene rings is 1. The molecule has 0 saturated heterocycles. The summed E-state index contributed by atoms with van der Waals surface area (Å²) in [6.07, 6.45) is 0. The largest absolute Gasteiger partial charge is 0.487 e. The molecule has 6 heteroatoms. The number of hydrogen-bond acceptors (Lipinski definition) is 3. The Kier molecular flexibility index (Phi) is 4.65. The van der Waals surface area contributed by atoms with Crippen LogP contribution in [0.3, 0.4) is 0 Å². The quantitative estimate of drug-likeness (QED) is 0.789. The van der Waals surface area contributed by atoms with Gasteiger partial charge in [0.2, 0.25) is 0 Å². The maximum Gasteiger partial charge on any atom is 0.339 e. The van der Waals surface area contributed by atoms with Crippen LogP contribution in [0.25, 0.3) is 0 Å². The molecule has 1 heterocycles. The minimum absolute atomic E-state index is 0.169. The van der Waals surface area contributed by atoms with Crippen molar-refractivity contribution >= 4 is 49.2 Å². The molecule has 0 aliphatic heterocycles. The molecule has 0 atom stereocenters. The highest BCUT2D eigenvalue weighted by molar-refractivity contribution is 9.11. The van der Waals surface area contributed by atoms with E-state index in [1.54, 1.807) is 17.4 Å². The Morgan fingerprint density at radius 1 is 1.37 bits per heavy atom. The Balaban J connectivity index is 2.26. The van der Waals surface area contributed by atoms with E-state index in [9.17, 15) is 9.90 Å². The molecule has 0 aliphatic carbocycles. The highest BCUT2D eigenvalue weighted by Crippen LogP contribution is 2.30. The van der Waals surface area contributed by atoms with Crippen LogP contribution >= 0.6 is 43.2 Å². The normalized spacial score (nSPS) is 10.5. The number of carboxylic acids is 1. The summed E-state index contributed by atoms with van der Waals surface area (Å²) in [4.78, 5) is 12.3. The number of aromatic carboxylic acids is 1. The zero-order valence-corrected chi connectivity index (χ0v) is 13.9. The van der Waals surface area contributed by atoms with Crippen molar-refractivity contribution in [2.75, 3.05) is 0 Å². The molecule has 3 nitrogen and oxygen atoms in total. The number of hydrogen-bond donors (Lipinski definition) is 1. The van der Waals surface area contributed by atoms with Gasteiger partial charge in [0.05, 0.1) is 3.79 Å². The SMILES string of the molecule is Cc1cc(Br)cc(C(=O)O)c1OCc1ccc(Br)s1. The van der Waals surface area contributed by atoms with E-state index in [-0.39, 0.29) is 5.56 Å². The highest BCUT2D eigenvalue weighted by Gasteiger charge is 2.15. The minimum atomic E-state index is -0.994. The molecular weight excluding hydrogens is 396 g/mol. The van der Waals surface area contributed by atoms with Crippen LogP contribution in [0.5, 0.6) is 5.75 Å². The van der Waals surface area contributed by atoms with Gasteiger partial charge in [-0.15, -0.1) is 11.3 Å². The molecule has 19 heavy (non-hydrogen) atoms. The number of halogens is 2. The van der Waals surface area contributed by atoms with Gasteiger partial charge in [-0.3, -0.25) is 0 Å². The average Bonchev–Trinajstić information content (AvgIpc) is 2.73. The number of ether oxygens (including phenoxy) is 1. The first-order valence-electron chi connectivity index (χ1n) is 5.38. The monoisotopic (exact) mass is 404 g/mol. The number of rotatable bonds is 4. The summed E-state index contributed by atoms with van der Waals surface area (Å²) in [5.41, 5.74) is 0.963. The Labute approximate surface area is 131 Å². The fraction of sp³-hybridized carbons (Fsp3) is 0.154. The third-order valence-corrected chi connectivity index (χ3v) is 4.51. The third-order valence-electron chi connectivity index (χ3n) is 2.46. The van der Waals surface area contributed by atoms with Gasteiger partial charge in [-0.2, -0.15) is 0 Å². The molecule has 2 aromatic rings. The van der Waals surface area contributed by atoms with Crippen LogP contribution in [0.1, 0.15) is 20.8 Å². The zero-order valence-electron chi connectivity index (χ0n) is 9.94. The summed E-state index contributed by atoms with van der Waals surface area (Å²) in [6.45, 7) is 2.19. The Morgan fingerprint density at radius 2 is 2.11 bits per heavy atom. The molecule has 100 valence electrons. The molecule has 0 spiro atoms. The fourth-order valence-corrected chi connectivity index (χ4v) is 3.62. The van der Waals surface area contributed by atoms with Crippen LogP contribution < -0.4 is 4.74 Å². The lowest BCUT2D eigenvalue weighted by Gasteiger charge is -2.12. The van der Waals surface area contributed by atoms with E-state index in [0.717, 1.165) is 18.7 Å². The van der Waals surface area contributed by atoms with Gasteiger partial charge in [-0.25, -0.2) is 4.79 Å². The van der Waals surface area contributed by atoms with E-state index >= 15 is 0 Å². The van der Waals surface area contributed by atoms with Crippen molar-refractivity contribution in [1.29, 1.82) is 0 Å². The first-order valence-corrected chi connectivity index (χ1v) is 7.78. The second-order valence-electron chi connectivity index (χ2n) is 3.90. The molecule has 0 aliphatic rings. The van der Waals surface area contributed by atoms with Crippen molar-refractivity contribution < 1.29 is 14.6 Å². The van der Waals surface area contributed by atoms with Crippen LogP contribution in [-0.4, -0.2) is 11.1 Å². The van der Waals surface area contributed by atoms with Crippen molar-refractivity contribution in [3.63, 3.8) is 0 Å². The highest BCUT2D eigenvalue weighted by atomic mass is 79.9. The van der Waals surface area contributed by atoms with E-state index in [0.29, 0.717) is 12.4 Å². The van der Waals surface area contributed by atoms with Crippen LogP contribution in [-0.2, 0) is 6.61 Å². The van der Waals surface area contributed by atoms with Gasteiger partial charge in [0.1, 0.15) is 17.9 Å². The van der Waals surface area contributed by atoms with E-state index in [1.807, 2.05) is 25.1 Å². The topological polar surface area (TPSA) is 46.5 Å². The van der Waals surface area contributed by atoms with Gasteiger partial charge < -0.3 is 9.84 Å². The second-order valence-corrected chi connectivity index (χ2v) is 7.36. The smallest absolute Gasteiger partial charge is 0.339 e. The molecular formula is C13H10Br2O3S. The van der Waals surface area contributed by atoms with Crippen molar-refractivity contribution in [2.45, 2.75) is 13.5 Å². The van der Waals surface area contributed by atoms with Crippen LogP contribution in [0, 0.1) is 6.92 Å². The molecule has 0 fully saturated rings. The first kappa shape index (κ1) is 14.6. The predicted molar refractivity (Wildman–Crippen MR) is 82.2 cm³/mol. The fourth-order valence-electron chi connectivity index (χ4n) is 1.65. The Morgan fingerprint density at radius 3 is 2.68 bits per heavy atom. The molecule has 0 saturated carbocycles. The minimum Gasteiger partial charge on any atom is -0.487 e. The maximum absolute atomic E-state index is 11.2. The van der Waals surface area contributed by atoms with Crippen LogP contribution in [0.4, 0.5) is 0 Å². The first-order chi connectivity index (χ1) is 8.97. The Hall–Kier alpha value is -0.850. The van der Waals surface area contributed by atoms with Gasteiger partial charge in [0, 0.05) is 9.35 Å². The van der Waals surface area contributed by atoms with Gasteiger partial charge in [0.25, 0.3) is 0 Å². The molecule has 0 radical (unpaired) electrons. The summed E-state index contributed by atoms with van der Waals surface area (Å²) in [5, 5.41) is 9.21. The lowest BCUT2D eigenvalue weighted by molar-refractivity contribution is 0.0691. The third kappa shape index (κ3) is 3.58. The molecule has 0 bridgehead atoms. The van der Waals surface area contributed by atoms with Crippen molar-refractivity contribution in [3.05, 3.63) is 48.5 Å². The molecule has 1 aromatic carbocycles. The average molecular weight is 406 g/mol. The van der Waals surface area contributed by atoms with E-state index in [1.165, 1.54) is 0 Å². The lowest BCUT2D eigenvalue weighted by Crippen LogP contribution is -2.04.